The van der Waals surface area contributed by atoms with E-state index in [1.807, 2.05) is 61.2 Å². The molecule has 7 heteroatoms. The van der Waals surface area contributed by atoms with Crippen LogP contribution in [0.5, 0.6) is 0 Å². The molecule has 0 spiro atoms. The zero-order chi connectivity index (χ0) is 24.3. The lowest BCUT2D eigenvalue weighted by Gasteiger charge is -2.33. The molecule has 0 saturated carbocycles. The number of aryl methyl sites for hydroxylation is 1. The molecule has 1 unspecified atom stereocenters. The zero-order valence-corrected chi connectivity index (χ0v) is 20.9. The molecule has 0 bridgehead atoms. The summed E-state index contributed by atoms with van der Waals surface area (Å²) in [6.07, 6.45) is 1.95. The van der Waals surface area contributed by atoms with Crippen molar-refractivity contribution in [1.29, 1.82) is 0 Å². The summed E-state index contributed by atoms with van der Waals surface area (Å²) >= 11 is 0. The number of piperidine rings is 1. The summed E-state index contributed by atoms with van der Waals surface area (Å²) in [5.41, 5.74) is 3.74. The van der Waals surface area contributed by atoms with Crippen molar-refractivity contribution in [3.05, 3.63) is 76.9 Å². The molecule has 0 aliphatic carbocycles. The van der Waals surface area contributed by atoms with E-state index in [1.54, 1.807) is 0 Å². The first-order chi connectivity index (χ1) is 16.3. The number of carbonyl (C=O) groups is 1. The highest BCUT2D eigenvalue weighted by Crippen LogP contribution is 2.36. The van der Waals surface area contributed by atoms with Crippen LogP contribution >= 0.6 is 0 Å². The lowest BCUT2D eigenvalue weighted by atomic mass is 9.94. The molecule has 180 valence electrons. The Bertz CT molecular complexity index is 1190. The van der Waals surface area contributed by atoms with Gasteiger partial charge in [-0.3, -0.25) is 4.79 Å². The topological polar surface area (TPSA) is 78.8 Å². The van der Waals surface area contributed by atoms with Crippen LogP contribution in [0.15, 0.2) is 64.6 Å². The summed E-state index contributed by atoms with van der Waals surface area (Å²) in [6.45, 7) is 7.90. The summed E-state index contributed by atoms with van der Waals surface area (Å²) in [4.78, 5) is 15.1. The van der Waals surface area contributed by atoms with E-state index in [-0.39, 0.29) is 17.7 Å². The van der Waals surface area contributed by atoms with Crippen molar-refractivity contribution in [2.24, 2.45) is 10.3 Å². The van der Waals surface area contributed by atoms with Crippen LogP contribution in [0.25, 0.3) is 4.91 Å². The molecule has 6 nitrogen and oxygen atoms in total. The summed E-state index contributed by atoms with van der Waals surface area (Å²) < 4.78 is 30.1. The van der Waals surface area contributed by atoms with E-state index >= 15 is 0 Å². The van der Waals surface area contributed by atoms with Crippen LogP contribution in [0.3, 0.4) is 0 Å². The molecule has 0 aromatic heterocycles. The van der Waals surface area contributed by atoms with Crippen LogP contribution in [0.4, 0.5) is 0 Å². The molecular weight excluding hydrogens is 446 g/mol. The number of rotatable bonds is 6. The van der Waals surface area contributed by atoms with Crippen molar-refractivity contribution >= 4 is 26.7 Å². The van der Waals surface area contributed by atoms with Crippen molar-refractivity contribution in [3.8, 4) is 0 Å². The Balaban J connectivity index is 1.40. The lowest BCUT2D eigenvalue weighted by Crippen LogP contribution is -2.43. The largest absolute Gasteiger partial charge is 0.356 e. The monoisotopic (exact) mass is 479 g/mol. The molecule has 2 aromatic rings. The molecular formula is C27H33N3O3S. The fraction of sp³-hybridized carbons (Fsp3) is 0.407. The summed E-state index contributed by atoms with van der Waals surface area (Å²) in [5, 5.41) is 3.11. The normalized spacial score (nSPS) is 19.1. The van der Waals surface area contributed by atoms with E-state index in [0.29, 0.717) is 55.2 Å². The van der Waals surface area contributed by atoms with Crippen molar-refractivity contribution in [2.75, 3.05) is 19.6 Å². The Morgan fingerprint density at radius 3 is 2.35 bits per heavy atom. The number of carbonyl (C=O) groups excluding carboxylic acids is 1. The first-order valence-electron chi connectivity index (χ1n) is 12.0. The minimum absolute atomic E-state index is 0.0662. The highest BCUT2D eigenvalue weighted by atomic mass is 32.2. The number of hydrogen-bond donors (Lipinski definition) is 1. The van der Waals surface area contributed by atoms with E-state index in [1.165, 1.54) is 5.56 Å². The Hall–Kier alpha value is -2.93. The van der Waals surface area contributed by atoms with Gasteiger partial charge in [-0.15, -0.1) is 4.40 Å². The fourth-order valence-corrected chi connectivity index (χ4v) is 6.24. The zero-order valence-electron chi connectivity index (χ0n) is 20.1. The Morgan fingerprint density at radius 1 is 1.09 bits per heavy atom. The van der Waals surface area contributed by atoms with Crippen molar-refractivity contribution in [1.82, 2.24) is 10.2 Å². The van der Waals surface area contributed by atoms with Gasteiger partial charge in [0.15, 0.2) is 0 Å². The molecule has 2 heterocycles. The van der Waals surface area contributed by atoms with Gasteiger partial charge in [-0.05, 0) is 43.2 Å². The predicted octanol–water partition coefficient (Wildman–Crippen LogP) is 4.49. The second kappa shape index (κ2) is 10.1. The van der Waals surface area contributed by atoms with Gasteiger partial charge in [-0.2, -0.15) is 8.42 Å². The number of nitrogens with zero attached hydrogens (tertiary/aromatic N) is 2. The smallest absolute Gasteiger partial charge is 0.285 e. The Kier molecular flexibility index (Phi) is 7.22. The van der Waals surface area contributed by atoms with E-state index in [0.717, 1.165) is 11.1 Å². The lowest BCUT2D eigenvalue weighted by molar-refractivity contribution is -0.126. The molecule has 34 heavy (non-hydrogen) atoms. The maximum Gasteiger partial charge on any atom is 0.285 e. The summed E-state index contributed by atoms with van der Waals surface area (Å²) in [5.74, 6) is 0.814. The number of likely N-dealkylation sites (tertiary alicyclic amines) is 1. The molecule has 1 saturated heterocycles. The van der Waals surface area contributed by atoms with Gasteiger partial charge < -0.3 is 10.2 Å². The molecule has 1 fully saturated rings. The van der Waals surface area contributed by atoms with Gasteiger partial charge in [0.05, 0.1) is 0 Å². The predicted molar refractivity (Wildman–Crippen MR) is 137 cm³/mol. The van der Waals surface area contributed by atoms with Gasteiger partial charge in [0.25, 0.3) is 10.0 Å². The molecule has 2 aromatic carbocycles. The third-order valence-corrected chi connectivity index (χ3v) is 8.20. The van der Waals surface area contributed by atoms with E-state index < -0.39 is 10.0 Å². The SMILES string of the molecule is CCC1=C(c2ccc(C)cc2)S(=O)(=O)N=C1N1CCC(C(=O)NCC(C)c2ccccc2)CC1. The Labute approximate surface area is 202 Å². The van der Waals surface area contributed by atoms with Crippen molar-refractivity contribution in [3.63, 3.8) is 0 Å². The van der Waals surface area contributed by atoms with Crippen LogP contribution in [-0.2, 0) is 14.8 Å². The molecule has 2 aliphatic rings. The number of nitrogens with one attached hydrogen (secondary N) is 1. The quantitative estimate of drug-likeness (QED) is 0.662. The van der Waals surface area contributed by atoms with Crippen LogP contribution in [0, 0.1) is 12.8 Å². The minimum Gasteiger partial charge on any atom is -0.356 e. The summed E-state index contributed by atoms with van der Waals surface area (Å²) in [6, 6.07) is 17.7. The van der Waals surface area contributed by atoms with Crippen LogP contribution in [0.2, 0.25) is 0 Å². The van der Waals surface area contributed by atoms with Crippen LogP contribution in [-0.4, -0.2) is 44.7 Å². The van der Waals surface area contributed by atoms with Crippen molar-refractivity contribution < 1.29 is 13.2 Å². The number of benzene rings is 2. The van der Waals surface area contributed by atoms with Gasteiger partial charge in [0.2, 0.25) is 5.91 Å². The third kappa shape index (κ3) is 5.09. The standard InChI is InChI=1S/C27H33N3O3S/c1-4-24-25(22-12-10-19(2)11-13-22)34(32,33)29-26(24)30-16-14-23(15-17-30)27(31)28-18-20(3)21-8-6-5-7-9-21/h5-13,20,23H,4,14-18H2,1-3H3,(H,28,31). The number of sulfonamides is 1. The highest BCUT2D eigenvalue weighted by molar-refractivity contribution is 8.00. The fourth-order valence-electron chi connectivity index (χ4n) is 4.72. The second-order valence-corrected chi connectivity index (χ2v) is 10.8. The average molecular weight is 480 g/mol. The molecule has 1 amide bonds. The second-order valence-electron chi connectivity index (χ2n) is 9.24. The number of amidine groups is 1. The van der Waals surface area contributed by atoms with Gasteiger partial charge in [0, 0.05) is 31.1 Å². The molecule has 1 atom stereocenters. The number of hydrogen-bond acceptors (Lipinski definition) is 4. The first-order valence-corrected chi connectivity index (χ1v) is 13.5. The summed E-state index contributed by atoms with van der Waals surface area (Å²) in [7, 11) is -3.74. The minimum atomic E-state index is -3.74. The number of amides is 1. The molecule has 2 aliphatic heterocycles. The van der Waals surface area contributed by atoms with Crippen LogP contribution < -0.4 is 5.32 Å². The molecule has 0 radical (unpaired) electrons. The molecule has 1 N–H and O–H groups in total. The van der Waals surface area contributed by atoms with Crippen molar-refractivity contribution in [2.45, 2.75) is 46.0 Å². The van der Waals surface area contributed by atoms with Gasteiger partial charge in [0.1, 0.15) is 10.7 Å². The van der Waals surface area contributed by atoms with Gasteiger partial charge in [-0.25, -0.2) is 0 Å². The van der Waals surface area contributed by atoms with E-state index in [4.69, 9.17) is 0 Å². The maximum atomic E-state index is 13.0. The van der Waals surface area contributed by atoms with E-state index in [9.17, 15) is 13.2 Å². The van der Waals surface area contributed by atoms with Gasteiger partial charge >= 0.3 is 0 Å². The Morgan fingerprint density at radius 2 is 1.74 bits per heavy atom. The molecule has 4 rings (SSSR count). The van der Waals surface area contributed by atoms with E-state index in [2.05, 4.69) is 28.8 Å². The first kappa shape index (κ1) is 24.2. The third-order valence-electron chi connectivity index (χ3n) is 6.79. The average Bonchev–Trinajstić information content (AvgIpc) is 3.13. The maximum absolute atomic E-state index is 13.0. The highest BCUT2D eigenvalue weighted by Gasteiger charge is 2.36. The van der Waals surface area contributed by atoms with Gasteiger partial charge in [-0.1, -0.05) is 74.0 Å². The van der Waals surface area contributed by atoms with Crippen LogP contribution in [0.1, 0.15) is 55.7 Å².